The van der Waals surface area contributed by atoms with E-state index >= 15 is 0 Å². The van der Waals surface area contributed by atoms with Gasteiger partial charge in [-0.25, -0.2) is 0 Å². The SMILES string of the molecule is CC(CCNC(=O)C(C)N)CCC(=O)O. The zero-order valence-electron chi connectivity index (χ0n) is 9.32. The Kier molecular flexibility index (Phi) is 6.70. The van der Waals surface area contributed by atoms with Crippen LogP contribution in [0.4, 0.5) is 0 Å². The summed E-state index contributed by atoms with van der Waals surface area (Å²) in [6.07, 6.45) is 1.61. The third-order valence-corrected chi connectivity index (χ3v) is 2.20. The Balaban J connectivity index is 3.50. The summed E-state index contributed by atoms with van der Waals surface area (Å²) >= 11 is 0. The smallest absolute Gasteiger partial charge is 0.303 e. The standard InChI is InChI=1S/C10H20N2O3/c1-7(3-4-9(13)14)5-6-12-10(15)8(2)11/h7-8H,3-6,11H2,1-2H3,(H,12,15)(H,13,14). The van der Waals surface area contributed by atoms with Crippen molar-refractivity contribution >= 4 is 11.9 Å². The van der Waals surface area contributed by atoms with Crippen LogP contribution < -0.4 is 11.1 Å². The Labute approximate surface area is 90.0 Å². The van der Waals surface area contributed by atoms with Crippen molar-refractivity contribution in [1.82, 2.24) is 5.32 Å². The molecular weight excluding hydrogens is 196 g/mol. The largest absolute Gasteiger partial charge is 0.481 e. The van der Waals surface area contributed by atoms with Gasteiger partial charge in [-0.3, -0.25) is 9.59 Å². The molecule has 1 amide bonds. The number of amides is 1. The van der Waals surface area contributed by atoms with E-state index in [0.29, 0.717) is 18.9 Å². The Hall–Kier alpha value is -1.10. The summed E-state index contributed by atoms with van der Waals surface area (Å²) in [6.45, 7) is 4.16. The highest BCUT2D eigenvalue weighted by Crippen LogP contribution is 2.08. The third kappa shape index (κ3) is 7.93. The highest BCUT2D eigenvalue weighted by atomic mass is 16.4. The molecule has 0 radical (unpaired) electrons. The molecule has 5 heteroatoms. The van der Waals surface area contributed by atoms with E-state index in [1.165, 1.54) is 0 Å². The second-order valence-corrected chi connectivity index (χ2v) is 3.91. The molecule has 0 aliphatic carbocycles. The maximum absolute atomic E-state index is 11.1. The van der Waals surface area contributed by atoms with Gasteiger partial charge in [0.2, 0.25) is 5.91 Å². The van der Waals surface area contributed by atoms with Gasteiger partial charge in [-0.2, -0.15) is 0 Å². The summed E-state index contributed by atoms with van der Waals surface area (Å²) in [5.74, 6) is -0.642. The number of carboxylic acid groups (broad SMARTS) is 1. The lowest BCUT2D eigenvalue weighted by atomic mass is 10.0. The van der Waals surface area contributed by atoms with E-state index in [1.54, 1.807) is 6.92 Å². The third-order valence-electron chi connectivity index (χ3n) is 2.20. The molecule has 88 valence electrons. The van der Waals surface area contributed by atoms with Gasteiger partial charge in [0.1, 0.15) is 0 Å². The predicted molar refractivity (Wildman–Crippen MR) is 57.3 cm³/mol. The van der Waals surface area contributed by atoms with E-state index in [1.807, 2.05) is 6.92 Å². The zero-order chi connectivity index (χ0) is 11.8. The van der Waals surface area contributed by atoms with E-state index in [0.717, 1.165) is 6.42 Å². The number of carbonyl (C=O) groups is 2. The van der Waals surface area contributed by atoms with Crippen LogP contribution in [-0.4, -0.2) is 29.6 Å². The predicted octanol–water partition coefficient (Wildman–Crippen LogP) is 0.341. The van der Waals surface area contributed by atoms with E-state index in [2.05, 4.69) is 5.32 Å². The molecule has 0 aromatic heterocycles. The Morgan fingerprint density at radius 3 is 2.40 bits per heavy atom. The fraction of sp³-hybridized carbons (Fsp3) is 0.800. The van der Waals surface area contributed by atoms with E-state index < -0.39 is 12.0 Å². The van der Waals surface area contributed by atoms with Crippen LogP contribution in [0, 0.1) is 5.92 Å². The van der Waals surface area contributed by atoms with Crippen LogP contribution in [0.2, 0.25) is 0 Å². The molecular formula is C10H20N2O3. The van der Waals surface area contributed by atoms with Crippen LogP contribution in [-0.2, 0) is 9.59 Å². The molecule has 0 bridgehead atoms. The number of hydrogen-bond donors (Lipinski definition) is 3. The Bertz CT molecular complexity index is 217. The van der Waals surface area contributed by atoms with Gasteiger partial charge < -0.3 is 16.2 Å². The van der Waals surface area contributed by atoms with Crippen LogP contribution in [0.3, 0.4) is 0 Å². The summed E-state index contributed by atoms with van der Waals surface area (Å²) < 4.78 is 0. The summed E-state index contributed by atoms with van der Waals surface area (Å²) in [4.78, 5) is 21.3. The second kappa shape index (κ2) is 7.23. The van der Waals surface area contributed by atoms with Gasteiger partial charge in [-0.05, 0) is 25.7 Å². The highest BCUT2D eigenvalue weighted by molar-refractivity contribution is 5.80. The van der Waals surface area contributed by atoms with Crippen LogP contribution in [0.5, 0.6) is 0 Å². The first-order chi connectivity index (χ1) is 6.93. The van der Waals surface area contributed by atoms with Crippen molar-refractivity contribution in [2.75, 3.05) is 6.54 Å². The molecule has 0 heterocycles. The molecule has 2 unspecified atom stereocenters. The lowest BCUT2D eigenvalue weighted by molar-refractivity contribution is -0.137. The quantitative estimate of drug-likeness (QED) is 0.572. The normalized spacial score (nSPS) is 14.3. The number of carbonyl (C=O) groups excluding carboxylic acids is 1. The fourth-order valence-electron chi connectivity index (χ4n) is 1.12. The van der Waals surface area contributed by atoms with Crippen molar-refractivity contribution in [3.63, 3.8) is 0 Å². The van der Waals surface area contributed by atoms with Crippen LogP contribution in [0.25, 0.3) is 0 Å². The monoisotopic (exact) mass is 216 g/mol. The first-order valence-electron chi connectivity index (χ1n) is 5.18. The maximum atomic E-state index is 11.1. The van der Waals surface area contributed by atoms with Gasteiger partial charge in [0.15, 0.2) is 0 Å². The van der Waals surface area contributed by atoms with Crippen molar-refractivity contribution in [1.29, 1.82) is 0 Å². The summed E-state index contributed by atoms with van der Waals surface area (Å²) in [5.41, 5.74) is 5.36. The average Bonchev–Trinajstić information content (AvgIpc) is 2.14. The van der Waals surface area contributed by atoms with E-state index in [-0.39, 0.29) is 12.3 Å². The van der Waals surface area contributed by atoms with E-state index in [9.17, 15) is 9.59 Å². The molecule has 0 rings (SSSR count). The van der Waals surface area contributed by atoms with Crippen LogP contribution >= 0.6 is 0 Å². The molecule has 4 N–H and O–H groups in total. The van der Waals surface area contributed by atoms with Crippen LogP contribution in [0.1, 0.15) is 33.1 Å². The lowest BCUT2D eigenvalue weighted by Gasteiger charge is -2.11. The molecule has 0 aliphatic heterocycles. The van der Waals surface area contributed by atoms with Crippen molar-refractivity contribution in [3.8, 4) is 0 Å². The number of rotatable bonds is 7. The Morgan fingerprint density at radius 1 is 1.33 bits per heavy atom. The minimum atomic E-state index is -0.776. The van der Waals surface area contributed by atoms with E-state index in [4.69, 9.17) is 10.8 Å². The molecule has 15 heavy (non-hydrogen) atoms. The molecule has 5 nitrogen and oxygen atoms in total. The number of nitrogens with one attached hydrogen (secondary N) is 1. The molecule has 0 saturated heterocycles. The topological polar surface area (TPSA) is 92.4 Å². The second-order valence-electron chi connectivity index (χ2n) is 3.91. The zero-order valence-corrected chi connectivity index (χ0v) is 9.32. The molecule has 2 atom stereocenters. The number of aliphatic carboxylic acids is 1. The fourth-order valence-corrected chi connectivity index (χ4v) is 1.12. The van der Waals surface area contributed by atoms with Gasteiger partial charge in [-0.15, -0.1) is 0 Å². The van der Waals surface area contributed by atoms with Gasteiger partial charge in [0.05, 0.1) is 6.04 Å². The first kappa shape index (κ1) is 13.9. The summed E-state index contributed by atoms with van der Waals surface area (Å²) in [6, 6.07) is -0.487. The average molecular weight is 216 g/mol. The van der Waals surface area contributed by atoms with Gasteiger partial charge in [-0.1, -0.05) is 6.92 Å². The molecule has 0 aromatic carbocycles. The van der Waals surface area contributed by atoms with Crippen molar-refractivity contribution < 1.29 is 14.7 Å². The number of nitrogens with two attached hydrogens (primary N) is 1. The molecule has 0 fully saturated rings. The lowest BCUT2D eigenvalue weighted by Crippen LogP contribution is -2.39. The minimum Gasteiger partial charge on any atom is -0.481 e. The maximum Gasteiger partial charge on any atom is 0.303 e. The minimum absolute atomic E-state index is 0.166. The number of hydrogen-bond acceptors (Lipinski definition) is 3. The first-order valence-corrected chi connectivity index (χ1v) is 5.18. The summed E-state index contributed by atoms with van der Waals surface area (Å²) in [7, 11) is 0. The molecule has 0 aromatic rings. The Morgan fingerprint density at radius 2 is 1.93 bits per heavy atom. The summed E-state index contributed by atoms with van der Waals surface area (Å²) in [5, 5.41) is 11.2. The molecule has 0 spiro atoms. The van der Waals surface area contributed by atoms with Gasteiger partial charge in [0.25, 0.3) is 0 Å². The van der Waals surface area contributed by atoms with Gasteiger partial charge >= 0.3 is 5.97 Å². The van der Waals surface area contributed by atoms with Crippen LogP contribution in [0.15, 0.2) is 0 Å². The molecule has 0 aliphatic rings. The molecule has 0 saturated carbocycles. The van der Waals surface area contributed by atoms with Gasteiger partial charge in [0, 0.05) is 13.0 Å². The van der Waals surface area contributed by atoms with Crippen molar-refractivity contribution in [3.05, 3.63) is 0 Å². The van der Waals surface area contributed by atoms with Crippen molar-refractivity contribution in [2.45, 2.75) is 39.2 Å². The number of carboxylic acids is 1. The van der Waals surface area contributed by atoms with Crippen molar-refractivity contribution in [2.24, 2.45) is 11.7 Å². The highest BCUT2D eigenvalue weighted by Gasteiger charge is 2.08.